The standard InChI is InChI=1S/C18H21NO2/c1-14(2)15-8-10-17(11-9-15)21-13-12-19-18(20)16-6-4-3-5-7-16/h3-11,14H,12-13H2,1-2H3,(H,19,20). The van der Waals surface area contributed by atoms with Gasteiger partial charge in [-0.15, -0.1) is 0 Å². The molecule has 0 unspecified atom stereocenters. The minimum absolute atomic E-state index is 0.0747. The molecule has 21 heavy (non-hydrogen) atoms. The minimum Gasteiger partial charge on any atom is -0.492 e. The first-order valence-electron chi connectivity index (χ1n) is 7.23. The number of amides is 1. The Kier molecular flexibility index (Phi) is 5.38. The lowest BCUT2D eigenvalue weighted by Gasteiger charge is -2.09. The van der Waals surface area contributed by atoms with Crippen molar-refractivity contribution in [3.63, 3.8) is 0 Å². The molecule has 110 valence electrons. The van der Waals surface area contributed by atoms with Crippen molar-refractivity contribution in [2.24, 2.45) is 0 Å². The Hall–Kier alpha value is -2.29. The number of carbonyl (C=O) groups excluding carboxylic acids is 1. The van der Waals surface area contributed by atoms with E-state index >= 15 is 0 Å². The molecule has 0 bridgehead atoms. The van der Waals surface area contributed by atoms with E-state index in [0.717, 1.165) is 5.75 Å². The summed E-state index contributed by atoms with van der Waals surface area (Å²) in [6.45, 7) is 5.27. The van der Waals surface area contributed by atoms with E-state index in [1.54, 1.807) is 12.1 Å². The molecule has 0 aliphatic rings. The highest BCUT2D eigenvalue weighted by Gasteiger charge is 2.03. The van der Waals surface area contributed by atoms with Crippen molar-refractivity contribution in [3.05, 3.63) is 65.7 Å². The van der Waals surface area contributed by atoms with E-state index in [0.29, 0.717) is 24.6 Å². The molecule has 0 heterocycles. The van der Waals surface area contributed by atoms with Gasteiger partial charge in [-0.1, -0.05) is 44.2 Å². The summed E-state index contributed by atoms with van der Waals surface area (Å²) in [4.78, 5) is 11.8. The zero-order valence-corrected chi connectivity index (χ0v) is 12.5. The number of rotatable bonds is 6. The summed E-state index contributed by atoms with van der Waals surface area (Å²) in [5.74, 6) is 1.27. The molecule has 1 amide bonds. The van der Waals surface area contributed by atoms with Gasteiger partial charge in [-0.2, -0.15) is 0 Å². The maximum Gasteiger partial charge on any atom is 0.251 e. The van der Waals surface area contributed by atoms with Gasteiger partial charge in [-0.25, -0.2) is 0 Å². The van der Waals surface area contributed by atoms with Gasteiger partial charge in [0.15, 0.2) is 0 Å². The van der Waals surface area contributed by atoms with Crippen LogP contribution in [0.4, 0.5) is 0 Å². The van der Waals surface area contributed by atoms with Crippen molar-refractivity contribution in [1.82, 2.24) is 5.32 Å². The second-order valence-electron chi connectivity index (χ2n) is 5.19. The maximum atomic E-state index is 11.8. The van der Waals surface area contributed by atoms with Gasteiger partial charge >= 0.3 is 0 Å². The predicted molar refractivity (Wildman–Crippen MR) is 84.8 cm³/mol. The summed E-state index contributed by atoms with van der Waals surface area (Å²) in [6.07, 6.45) is 0. The first-order chi connectivity index (χ1) is 10.2. The maximum absolute atomic E-state index is 11.8. The van der Waals surface area contributed by atoms with Crippen LogP contribution in [0.25, 0.3) is 0 Å². The zero-order chi connectivity index (χ0) is 15.1. The first-order valence-corrected chi connectivity index (χ1v) is 7.23. The molecule has 2 rings (SSSR count). The summed E-state index contributed by atoms with van der Waals surface area (Å²) in [5.41, 5.74) is 1.96. The molecule has 0 aliphatic heterocycles. The fraction of sp³-hybridized carbons (Fsp3) is 0.278. The van der Waals surface area contributed by atoms with Crippen LogP contribution in [0.15, 0.2) is 54.6 Å². The Morgan fingerprint density at radius 1 is 1.05 bits per heavy atom. The SMILES string of the molecule is CC(C)c1ccc(OCCNC(=O)c2ccccc2)cc1. The Bertz CT molecular complexity index is 562. The molecule has 3 nitrogen and oxygen atoms in total. The van der Waals surface area contributed by atoms with E-state index in [2.05, 4.69) is 31.3 Å². The van der Waals surface area contributed by atoms with Gasteiger partial charge in [0.25, 0.3) is 5.91 Å². The van der Waals surface area contributed by atoms with Gasteiger partial charge in [-0.3, -0.25) is 4.79 Å². The quantitative estimate of drug-likeness (QED) is 0.822. The summed E-state index contributed by atoms with van der Waals surface area (Å²) >= 11 is 0. The third-order valence-electron chi connectivity index (χ3n) is 3.24. The summed E-state index contributed by atoms with van der Waals surface area (Å²) in [6, 6.07) is 17.2. The summed E-state index contributed by atoms with van der Waals surface area (Å²) in [5, 5.41) is 2.83. The van der Waals surface area contributed by atoms with Gasteiger partial charge in [0.1, 0.15) is 12.4 Å². The van der Waals surface area contributed by atoms with Crippen molar-refractivity contribution in [2.45, 2.75) is 19.8 Å². The minimum atomic E-state index is -0.0747. The zero-order valence-electron chi connectivity index (χ0n) is 12.5. The van der Waals surface area contributed by atoms with Gasteiger partial charge in [0, 0.05) is 5.56 Å². The number of ether oxygens (including phenoxy) is 1. The summed E-state index contributed by atoms with van der Waals surface area (Å²) in [7, 11) is 0. The molecule has 3 heteroatoms. The molecule has 0 spiro atoms. The van der Waals surface area contributed by atoms with E-state index in [-0.39, 0.29) is 5.91 Å². The first kappa shape index (κ1) is 15.1. The molecule has 0 radical (unpaired) electrons. The molecule has 0 saturated carbocycles. The fourth-order valence-corrected chi connectivity index (χ4v) is 1.97. The highest BCUT2D eigenvalue weighted by molar-refractivity contribution is 5.94. The van der Waals surface area contributed by atoms with Gasteiger partial charge in [0.2, 0.25) is 0 Å². The van der Waals surface area contributed by atoms with Crippen LogP contribution < -0.4 is 10.1 Å². The van der Waals surface area contributed by atoms with Crippen molar-refractivity contribution >= 4 is 5.91 Å². The normalized spacial score (nSPS) is 10.4. The molecule has 1 N–H and O–H groups in total. The molecule has 0 aromatic heterocycles. The second kappa shape index (κ2) is 7.48. The van der Waals surface area contributed by atoms with Crippen LogP contribution >= 0.6 is 0 Å². The average molecular weight is 283 g/mol. The largest absolute Gasteiger partial charge is 0.492 e. The highest BCUT2D eigenvalue weighted by atomic mass is 16.5. The van der Waals surface area contributed by atoms with Gasteiger partial charge in [-0.05, 0) is 35.7 Å². The van der Waals surface area contributed by atoms with Crippen molar-refractivity contribution in [1.29, 1.82) is 0 Å². The van der Waals surface area contributed by atoms with Gasteiger partial charge in [0.05, 0.1) is 6.54 Å². The highest BCUT2D eigenvalue weighted by Crippen LogP contribution is 2.18. The van der Waals surface area contributed by atoms with E-state index in [4.69, 9.17) is 4.74 Å². The van der Waals surface area contributed by atoms with Crippen LogP contribution in [0.1, 0.15) is 35.7 Å². The van der Waals surface area contributed by atoms with E-state index < -0.39 is 0 Å². The van der Waals surface area contributed by atoms with Crippen LogP contribution in [0.2, 0.25) is 0 Å². The third-order valence-corrected chi connectivity index (χ3v) is 3.24. The number of nitrogens with one attached hydrogen (secondary N) is 1. The molecule has 0 saturated heterocycles. The Labute approximate surface area is 126 Å². The monoisotopic (exact) mass is 283 g/mol. The smallest absolute Gasteiger partial charge is 0.251 e. The number of benzene rings is 2. The van der Waals surface area contributed by atoms with Crippen molar-refractivity contribution < 1.29 is 9.53 Å². The molecular weight excluding hydrogens is 262 g/mol. The number of carbonyl (C=O) groups is 1. The van der Waals surface area contributed by atoms with E-state index in [9.17, 15) is 4.79 Å². The molecular formula is C18H21NO2. The lowest BCUT2D eigenvalue weighted by molar-refractivity contribution is 0.0947. The molecule has 2 aromatic rings. The lowest BCUT2D eigenvalue weighted by atomic mass is 10.0. The van der Waals surface area contributed by atoms with E-state index in [1.807, 2.05) is 30.3 Å². The molecule has 0 atom stereocenters. The Balaban J connectivity index is 1.73. The van der Waals surface area contributed by atoms with Gasteiger partial charge < -0.3 is 10.1 Å². The Morgan fingerprint density at radius 3 is 2.33 bits per heavy atom. The van der Waals surface area contributed by atoms with Crippen LogP contribution in [-0.2, 0) is 0 Å². The molecule has 0 fully saturated rings. The van der Waals surface area contributed by atoms with Crippen LogP contribution in [-0.4, -0.2) is 19.1 Å². The predicted octanol–water partition coefficient (Wildman–Crippen LogP) is 3.62. The Morgan fingerprint density at radius 2 is 1.71 bits per heavy atom. The fourth-order valence-electron chi connectivity index (χ4n) is 1.97. The second-order valence-corrected chi connectivity index (χ2v) is 5.19. The topological polar surface area (TPSA) is 38.3 Å². The van der Waals surface area contributed by atoms with Crippen LogP contribution in [0.5, 0.6) is 5.75 Å². The van der Waals surface area contributed by atoms with Crippen LogP contribution in [0.3, 0.4) is 0 Å². The molecule has 0 aliphatic carbocycles. The average Bonchev–Trinajstić information content (AvgIpc) is 2.52. The van der Waals surface area contributed by atoms with E-state index in [1.165, 1.54) is 5.56 Å². The summed E-state index contributed by atoms with van der Waals surface area (Å²) < 4.78 is 5.61. The number of hydrogen-bond acceptors (Lipinski definition) is 2. The number of hydrogen-bond donors (Lipinski definition) is 1. The van der Waals surface area contributed by atoms with Crippen LogP contribution in [0, 0.1) is 0 Å². The lowest BCUT2D eigenvalue weighted by Crippen LogP contribution is -2.27. The van der Waals surface area contributed by atoms with Crippen molar-refractivity contribution in [3.8, 4) is 5.75 Å². The molecule has 2 aromatic carbocycles. The third kappa shape index (κ3) is 4.63. The van der Waals surface area contributed by atoms with Crippen molar-refractivity contribution in [2.75, 3.05) is 13.2 Å².